The average Bonchev–Trinajstić information content (AvgIpc) is 2.47. The summed E-state index contributed by atoms with van der Waals surface area (Å²) in [6, 6.07) is 11.6. The Balaban J connectivity index is 2.27. The van der Waals surface area contributed by atoms with Crippen LogP contribution in [0.15, 0.2) is 46.9 Å². The molecule has 5 heteroatoms. The van der Waals surface area contributed by atoms with E-state index < -0.39 is 6.04 Å². The summed E-state index contributed by atoms with van der Waals surface area (Å²) < 4.78 is 25.3. The van der Waals surface area contributed by atoms with E-state index in [-0.39, 0.29) is 5.82 Å². The van der Waals surface area contributed by atoms with Crippen LogP contribution in [-0.4, -0.2) is 20.3 Å². The van der Waals surface area contributed by atoms with Gasteiger partial charge >= 0.3 is 0 Å². The zero-order chi connectivity index (χ0) is 15.2. The van der Waals surface area contributed by atoms with Crippen molar-refractivity contribution >= 4 is 15.9 Å². The predicted octanol–water partition coefficient (Wildman–Crippen LogP) is 3.66. The van der Waals surface area contributed by atoms with Crippen LogP contribution < -0.4 is 10.5 Å². The number of halogens is 2. The molecule has 0 aromatic heterocycles. The zero-order valence-corrected chi connectivity index (χ0v) is 13.3. The quantitative estimate of drug-likeness (QED) is 0.806. The van der Waals surface area contributed by atoms with Crippen molar-refractivity contribution in [2.24, 2.45) is 5.73 Å². The molecule has 2 rings (SSSR count). The molecule has 3 nitrogen and oxygen atoms in total. The Bertz CT molecular complexity index is 607. The fourth-order valence-electron chi connectivity index (χ4n) is 2.03. The van der Waals surface area contributed by atoms with Crippen molar-refractivity contribution < 1.29 is 13.9 Å². The molecule has 0 spiro atoms. The number of benzene rings is 2. The highest BCUT2D eigenvalue weighted by Crippen LogP contribution is 2.30. The van der Waals surface area contributed by atoms with Crippen LogP contribution in [0, 0.1) is 5.82 Å². The molecule has 0 saturated carbocycles. The minimum atomic E-state index is -0.586. The van der Waals surface area contributed by atoms with E-state index in [2.05, 4.69) is 15.9 Å². The lowest BCUT2D eigenvalue weighted by Crippen LogP contribution is -2.16. The minimum absolute atomic E-state index is 0.344. The maximum atomic E-state index is 14.1. The molecule has 2 aromatic carbocycles. The number of para-hydroxylation sites is 1. The normalized spacial score (nSPS) is 12.2. The van der Waals surface area contributed by atoms with Crippen molar-refractivity contribution in [2.75, 3.05) is 20.3 Å². The maximum Gasteiger partial charge on any atom is 0.129 e. The van der Waals surface area contributed by atoms with Crippen molar-refractivity contribution in [3.05, 3.63) is 63.9 Å². The SMILES string of the molecule is COCCOc1ccccc1C(N)c1ccc(Br)cc1F. The van der Waals surface area contributed by atoms with Crippen molar-refractivity contribution in [2.45, 2.75) is 6.04 Å². The third-order valence-corrected chi connectivity index (χ3v) is 3.59. The largest absolute Gasteiger partial charge is 0.491 e. The zero-order valence-electron chi connectivity index (χ0n) is 11.7. The van der Waals surface area contributed by atoms with Gasteiger partial charge in [0.2, 0.25) is 0 Å². The van der Waals surface area contributed by atoms with Crippen molar-refractivity contribution in [3.63, 3.8) is 0 Å². The molecule has 0 heterocycles. The summed E-state index contributed by atoms with van der Waals surface area (Å²) in [5, 5.41) is 0. The van der Waals surface area contributed by atoms with Crippen LogP contribution >= 0.6 is 15.9 Å². The second kappa shape index (κ2) is 7.54. The van der Waals surface area contributed by atoms with Gasteiger partial charge in [-0.05, 0) is 18.2 Å². The van der Waals surface area contributed by atoms with Crippen LogP contribution in [0.2, 0.25) is 0 Å². The average molecular weight is 354 g/mol. The number of rotatable bonds is 6. The summed E-state index contributed by atoms with van der Waals surface area (Å²) in [7, 11) is 1.61. The maximum absolute atomic E-state index is 14.1. The van der Waals surface area contributed by atoms with Gasteiger partial charge in [-0.2, -0.15) is 0 Å². The van der Waals surface area contributed by atoms with E-state index in [1.54, 1.807) is 19.2 Å². The Morgan fingerprint density at radius 2 is 1.90 bits per heavy atom. The van der Waals surface area contributed by atoms with E-state index in [1.807, 2.05) is 24.3 Å². The second-order valence-electron chi connectivity index (χ2n) is 4.52. The Labute approximate surface area is 132 Å². The molecule has 2 N–H and O–H groups in total. The molecule has 0 fully saturated rings. The third-order valence-electron chi connectivity index (χ3n) is 3.10. The third kappa shape index (κ3) is 4.03. The number of methoxy groups -OCH3 is 1. The molecule has 0 aliphatic carbocycles. The van der Waals surface area contributed by atoms with Crippen LogP contribution in [0.1, 0.15) is 17.2 Å². The monoisotopic (exact) mass is 353 g/mol. The van der Waals surface area contributed by atoms with E-state index in [9.17, 15) is 4.39 Å². The van der Waals surface area contributed by atoms with Gasteiger partial charge in [0.15, 0.2) is 0 Å². The minimum Gasteiger partial charge on any atom is -0.491 e. The first-order chi connectivity index (χ1) is 10.1. The van der Waals surface area contributed by atoms with Crippen LogP contribution in [-0.2, 0) is 4.74 Å². The molecule has 0 bridgehead atoms. The predicted molar refractivity (Wildman–Crippen MR) is 83.9 cm³/mol. The van der Waals surface area contributed by atoms with Gasteiger partial charge in [-0.15, -0.1) is 0 Å². The number of ether oxygens (including phenoxy) is 2. The lowest BCUT2D eigenvalue weighted by Gasteiger charge is -2.18. The lowest BCUT2D eigenvalue weighted by atomic mass is 9.98. The molecule has 1 atom stereocenters. The smallest absolute Gasteiger partial charge is 0.129 e. The summed E-state index contributed by atoms with van der Waals surface area (Å²) in [5.74, 6) is 0.299. The summed E-state index contributed by atoms with van der Waals surface area (Å²) in [6.07, 6.45) is 0. The molecule has 112 valence electrons. The molecule has 21 heavy (non-hydrogen) atoms. The van der Waals surface area contributed by atoms with E-state index in [0.29, 0.717) is 29.0 Å². The molecule has 0 aliphatic heterocycles. The topological polar surface area (TPSA) is 44.5 Å². The van der Waals surface area contributed by atoms with E-state index in [1.165, 1.54) is 6.07 Å². The Morgan fingerprint density at radius 1 is 1.14 bits per heavy atom. The number of hydrogen-bond acceptors (Lipinski definition) is 3. The fourth-order valence-corrected chi connectivity index (χ4v) is 2.36. The first-order valence-electron chi connectivity index (χ1n) is 6.54. The van der Waals surface area contributed by atoms with E-state index in [4.69, 9.17) is 15.2 Å². The summed E-state index contributed by atoms with van der Waals surface area (Å²) >= 11 is 3.24. The molecule has 1 unspecified atom stereocenters. The van der Waals surface area contributed by atoms with Gasteiger partial charge in [0.1, 0.15) is 18.2 Å². The molecular weight excluding hydrogens is 337 g/mol. The summed E-state index contributed by atoms with van der Waals surface area (Å²) in [5.41, 5.74) is 7.38. The van der Waals surface area contributed by atoms with Crippen molar-refractivity contribution in [1.29, 1.82) is 0 Å². The molecule has 0 radical (unpaired) electrons. The molecule has 0 aliphatic rings. The van der Waals surface area contributed by atoms with E-state index >= 15 is 0 Å². The van der Waals surface area contributed by atoms with E-state index in [0.717, 1.165) is 5.56 Å². The van der Waals surface area contributed by atoms with Crippen molar-refractivity contribution in [3.8, 4) is 5.75 Å². The highest BCUT2D eigenvalue weighted by molar-refractivity contribution is 9.10. The van der Waals surface area contributed by atoms with Crippen LogP contribution in [0.5, 0.6) is 5.75 Å². The van der Waals surface area contributed by atoms with Gasteiger partial charge in [-0.3, -0.25) is 0 Å². The van der Waals surface area contributed by atoms with Gasteiger partial charge in [-0.25, -0.2) is 4.39 Å². The number of hydrogen-bond donors (Lipinski definition) is 1. The van der Waals surface area contributed by atoms with Crippen LogP contribution in [0.25, 0.3) is 0 Å². The highest BCUT2D eigenvalue weighted by Gasteiger charge is 2.17. The Hall–Kier alpha value is -1.43. The molecule has 2 aromatic rings. The van der Waals surface area contributed by atoms with Gasteiger partial charge in [0.05, 0.1) is 12.6 Å². The van der Waals surface area contributed by atoms with Crippen LogP contribution in [0.3, 0.4) is 0 Å². The first-order valence-corrected chi connectivity index (χ1v) is 7.34. The Morgan fingerprint density at radius 3 is 2.62 bits per heavy atom. The second-order valence-corrected chi connectivity index (χ2v) is 5.44. The summed E-state index contributed by atoms with van der Waals surface area (Å²) in [6.45, 7) is 0.902. The Kier molecular flexibility index (Phi) is 5.73. The van der Waals surface area contributed by atoms with Gasteiger partial charge in [-0.1, -0.05) is 40.2 Å². The fraction of sp³-hybridized carbons (Fsp3) is 0.250. The highest BCUT2D eigenvalue weighted by atomic mass is 79.9. The molecule has 0 amide bonds. The van der Waals surface area contributed by atoms with Crippen LogP contribution in [0.4, 0.5) is 4.39 Å². The van der Waals surface area contributed by atoms with Gasteiger partial charge in [0.25, 0.3) is 0 Å². The molecule has 0 saturated heterocycles. The van der Waals surface area contributed by atoms with Crippen molar-refractivity contribution in [1.82, 2.24) is 0 Å². The van der Waals surface area contributed by atoms with Gasteiger partial charge < -0.3 is 15.2 Å². The van der Waals surface area contributed by atoms with Gasteiger partial charge in [0, 0.05) is 22.7 Å². The first kappa shape index (κ1) is 15.9. The number of nitrogens with two attached hydrogens (primary N) is 1. The lowest BCUT2D eigenvalue weighted by molar-refractivity contribution is 0.145. The summed E-state index contributed by atoms with van der Waals surface area (Å²) in [4.78, 5) is 0. The standard InChI is InChI=1S/C16H17BrFNO2/c1-20-8-9-21-15-5-3-2-4-13(15)16(19)12-7-6-11(17)10-14(12)18/h2-7,10,16H,8-9,19H2,1H3. The molecular formula is C16H17BrFNO2.